The van der Waals surface area contributed by atoms with Crippen molar-refractivity contribution in [2.75, 3.05) is 52.7 Å². The van der Waals surface area contributed by atoms with Crippen molar-refractivity contribution in [3.05, 3.63) is 71.8 Å². The van der Waals surface area contributed by atoms with Gasteiger partial charge in [0.2, 0.25) is 0 Å². The Morgan fingerprint density at radius 3 is 1.52 bits per heavy atom. The van der Waals surface area contributed by atoms with E-state index in [9.17, 15) is 28.8 Å². The van der Waals surface area contributed by atoms with Crippen molar-refractivity contribution in [3.8, 4) is 11.1 Å². The number of nitrogens with zero attached hydrogens (tertiary/aromatic N) is 2. The number of fused-ring (bicyclic) bond motifs is 1. The predicted octanol–water partition coefficient (Wildman–Crippen LogP) is 5.23. The minimum atomic E-state index is -1.03. The third-order valence-electron chi connectivity index (χ3n) is 8.45. The minimum Gasteiger partial charge on any atom is -0.456 e. The summed E-state index contributed by atoms with van der Waals surface area (Å²) < 4.78 is 32.2. The van der Waals surface area contributed by atoms with Crippen LogP contribution in [0.5, 0.6) is 0 Å². The lowest BCUT2D eigenvalue weighted by Gasteiger charge is -2.35. The summed E-state index contributed by atoms with van der Waals surface area (Å²) in [6.45, 7) is 10.1. The van der Waals surface area contributed by atoms with Gasteiger partial charge in [0.1, 0.15) is 11.2 Å². The Morgan fingerprint density at radius 2 is 1.02 bits per heavy atom. The number of esters is 2. The Labute approximate surface area is 313 Å². The van der Waals surface area contributed by atoms with Gasteiger partial charge in [0, 0.05) is 24.2 Å². The van der Waals surface area contributed by atoms with Crippen molar-refractivity contribution in [2.45, 2.75) is 64.8 Å². The maximum absolute atomic E-state index is 13.0. The third-order valence-corrected chi connectivity index (χ3v) is 8.45. The normalized spacial score (nSPS) is 17.7. The van der Waals surface area contributed by atoms with E-state index in [1.165, 1.54) is 9.80 Å². The highest BCUT2D eigenvalue weighted by molar-refractivity contribution is 6.02. The number of amides is 2. The van der Waals surface area contributed by atoms with Crippen molar-refractivity contribution < 1.29 is 57.2 Å². The van der Waals surface area contributed by atoms with E-state index in [-0.39, 0.29) is 39.5 Å². The first-order valence-electron chi connectivity index (χ1n) is 17.7. The zero-order valence-electron chi connectivity index (χ0n) is 31.4. The van der Waals surface area contributed by atoms with Crippen molar-refractivity contribution >= 4 is 46.5 Å². The number of ketones is 2. The van der Waals surface area contributed by atoms with Gasteiger partial charge in [0.25, 0.3) is 0 Å². The molecule has 0 saturated carbocycles. The van der Waals surface area contributed by atoms with Gasteiger partial charge in [0.15, 0.2) is 36.9 Å². The zero-order valence-corrected chi connectivity index (χ0v) is 31.4. The topological polar surface area (TPSA) is 164 Å². The summed E-state index contributed by atoms with van der Waals surface area (Å²) in [5.74, 6) is -2.33. The average molecular weight is 747 g/mol. The lowest BCUT2D eigenvalue weighted by atomic mass is 9.98. The van der Waals surface area contributed by atoms with Crippen molar-refractivity contribution in [3.63, 3.8) is 0 Å². The SMILES string of the molecule is CC(C)(C)OC(=O)N1CCOCC1C(=O)OCC(=O)c1ccc(-c2ccc3cc(C(=O)COC(=O)C4COCCN4C(=O)OC(C)(C)C)ccc3c2)cc1. The number of benzene rings is 3. The summed E-state index contributed by atoms with van der Waals surface area (Å²) in [6.07, 6.45) is -1.31. The Bertz CT molecular complexity index is 1890. The van der Waals surface area contributed by atoms with Crippen LogP contribution in [0.1, 0.15) is 62.3 Å². The molecule has 0 bridgehead atoms. The Hall–Kier alpha value is -5.34. The Kier molecular flexibility index (Phi) is 12.4. The number of morpholine rings is 2. The van der Waals surface area contributed by atoms with Crippen LogP contribution in [0.25, 0.3) is 21.9 Å². The molecule has 0 aliphatic carbocycles. The number of ether oxygens (including phenoxy) is 6. The lowest BCUT2D eigenvalue weighted by molar-refractivity contribution is -0.155. The summed E-state index contributed by atoms with van der Waals surface area (Å²) in [7, 11) is 0. The maximum Gasteiger partial charge on any atom is 0.411 e. The van der Waals surface area contributed by atoms with E-state index in [0.717, 1.165) is 21.9 Å². The number of hydrogen-bond donors (Lipinski definition) is 0. The van der Waals surface area contributed by atoms with E-state index in [2.05, 4.69) is 0 Å². The molecule has 288 valence electrons. The van der Waals surface area contributed by atoms with E-state index in [0.29, 0.717) is 11.1 Å². The van der Waals surface area contributed by atoms with Gasteiger partial charge in [-0.3, -0.25) is 19.4 Å². The van der Waals surface area contributed by atoms with Gasteiger partial charge >= 0.3 is 24.1 Å². The van der Waals surface area contributed by atoms with E-state index in [4.69, 9.17) is 28.4 Å². The molecule has 3 aromatic carbocycles. The first-order chi connectivity index (χ1) is 25.5. The van der Waals surface area contributed by atoms with Crippen LogP contribution in [0.3, 0.4) is 0 Å². The highest BCUT2D eigenvalue weighted by atomic mass is 16.6. The van der Waals surface area contributed by atoms with E-state index >= 15 is 0 Å². The number of carbonyl (C=O) groups is 6. The van der Waals surface area contributed by atoms with Crippen LogP contribution < -0.4 is 0 Å². The molecule has 3 aromatic rings. The third kappa shape index (κ3) is 10.4. The number of carbonyl (C=O) groups excluding carboxylic acids is 6. The van der Waals surface area contributed by atoms with Gasteiger partial charge < -0.3 is 28.4 Å². The Balaban J connectivity index is 1.15. The summed E-state index contributed by atoms with van der Waals surface area (Å²) in [5.41, 5.74) is 0.898. The zero-order chi connectivity index (χ0) is 39.2. The summed E-state index contributed by atoms with van der Waals surface area (Å²) in [6, 6.07) is 15.6. The van der Waals surface area contributed by atoms with E-state index in [1.807, 2.05) is 18.2 Å². The summed E-state index contributed by atoms with van der Waals surface area (Å²) >= 11 is 0. The standard InChI is InChI=1S/C40H46N2O12/c1-39(2,3)53-37(47)41-15-17-49-21-31(41)35(45)51-23-33(43)26-9-7-25(8-10-26)27-11-12-29-20-30(14-13-28(29)19-27)34(44)24-52-36(46)32-22-50-18-16-42(32)38(48)54-40(4,5)6/h7-14,19-20,31-32H,15-18,21-24H2,1-6H3. The molecule has 2 unspecified atom stereocenters. The largest absolute Gasteiger partial charge is 0.456 e. The first-order valence-corrected chi connectivity index (χ1v) is 17.7. The second-order valence-electron chi connectivity index (χ2n) is 14.9. The molecule has 14 nitrogen and oxygen atoms in total. The van der Waals surface area contributed by atoms with Crippen LogP contribution in [0, 0.1) is 0 Å². The molecular formula is C40H46N2O12. The molecule has 2 heterocycles. The van der Waals surface area contributed by atoms with Crippen LogP contribution in [-0.2, 0) is 38.0 Å². The fourth-order valence-electron chi connectivity index (χ4n) is 5.76. The van der Waals surface area contributed by atoms with Crippen LogP contribution in [0.15, 0.2) is 60.7 Å². The summed E-state index contributed by atoms with van der Waals surface area (Å²) in [4.78, 5) is 79.4. The number of hydrogen-bond acceptors (Lipinski definition) is 12. The second-order valence-corrected chi connectivity index (χ2v) is 14.9. The Morgan fingerprint density at radius 1 is 0.593 bits per heavy atom. The second kappa shape index (κ2) is 16.8. The quantitative estimate of drug-likeness (QED) is 0.159. The highest BCUT2D eigenvalue weighted by Crippen LogP contribution is 2.26. The van der Waals surface area contributed by atoms with Crippen LogP contribution >= 0.6 is 0 Å². The van der Waals surface area contributed by atoms with Gasteiger partial charge in [-0.1, -0.05) is 48.5 Å². The molecule has 2 fully saturated rings. The smallest absolute Gasteiger partial charge is 0.411 e. The van der Waals surface area contributed by atoms with Gasteiger partial charge in [0.05, 0.1) is 26.4 Å². The average Bonchev–Trinajstić information content (AvgIpc) is 3.14. The fourth-order valence-corrected chi connectivity index (χ4v) is 5.76. The molecule has 5 rings (SSSR count). The molecule has 2 atom stereocenters. The molecule has 0 N–H and O–H groups in total. The monoisotopic (exact) mass is 746 g/mol. The molecule has 14 heteroatoms. The van der Waals surface area contributed by atoms with Crippen LogP contribution in [0.2, 0.25) is 0 Å². The number of Topliss-reactive ketones (excluding diaryl/α,β-unsaturated/α-hetero) is 2. The molecule has 54 heavy (non-hydrogen) atoms. The van der Waals surface area contributed by atoms with Crippen molar-refractivity contribution in [1.82, 2.24) is 9.80 Å². The molecule has 2 aliphatic rings. The van der Waals surface area contributed by atoms with Crippen LogP contribution in [0.4, 0.5) is 9.59 Å². The van der Waals surface area contributed by atoms with Gasteiger partial charge in [-0.05, 0) is 75.6 Å². The summed E-state index contributed by atoms with van der Waals surface area (Å²) in [5, 5.41) is 1.64. The molecule has 0 aromatic heterocycles. The lowest BCUT2D eigenvalue weighted by Crippen LogP contribution is -2.54. The molecule has 0 spiro atoms. The first kappa shape index (κ1) is 39.9. The van der Waals surface area contributed by atoms with Gasteiger partial charge in [-0.15, -0.1) is 0 Å². The van der Waals surface area contributed by atoms with Gasteiger partial charge in [-0.2, -0.15) is 0 Å². The highest BCUT2D eigenvalue weighted by Gasteiger charge is 2.38. The molecule has 2 amide bonds. The molecular weight excluding hydrogens is 700 g/mol. The van der Waals surface area contributed by atoms with Crippen LogP contribution in [-0.4, -0.2) is 122 Å². The minimum absolute atomic E-state index is 0.0615. The van der Waals surface area contributed by atoms with Crippen molar-refractivity contribution in [2.24, 2.45) is 0 Å². The fraction of sp³-hybridized carbons (Fsp3) is 0.450. The number of rotatable bonds is 9. The van der Waals surface area contributed by atoms with Gasteiger partial charge in [-0.25, -0.2) is 19.2 Å². The van der Waals surface area contributed by atoms with E-state index < -0.39 is 72.2 Å². The van der Waals surface area contributed by atoms with E-state index in [1.54, 1.807) is 84.0 Å². The predicted molar refractivity (Wildman–Crippen MR) is 195 cm³/mol. The molecule has 2 saturated heterocycles. The molecule has 2 aliphatic heterocycles. The maximum atomic E-state index is 13.0. The van der Waals surface area contributed by atoms with Crippen molar-refractivity contribution in [1.29, 1.82) is 0 Å². The molecule has 0 radical (unpaired) electrons.